The van der Waals surface area contributed by atoms with E-state index < -0.39 is 10.8 Å². The van der Waals surface area contributed by atoms with Crippen LogP contribution in [0.2, 0.25) is 0 Å². The van der Waals surface area contributed by atoms with Gasteiger partial charge in [0, 0.05) is 28.6 Å². The lowest BCUT2D eigenvalue weighted by molar-refractivity contribution is 0.679. The predicted octanol–water partition coefficient (Wildman–Crippen LogP) is 2.93. The van der Waals surface area contributed by atoms with Crippen molar-refractivity contribution in [3.8, 4) is 11.4 Å². The Balaban J connectivity index is 1.85. The molecule has 1 aromatic carbocycles. The van der Waals surface area contributed by atoms with Gasteiger partial charge in [-0.15, -0.1) is 0 Å². The van der Waals surface area contributed by atoms with E-state index in [0.29, 0.717) is 17.0 Å². The normalized spacial score (nSPS) is 12.6. The third kappa shape index (κ3) is 3.00. The van der Waals surface area contributed by atoms with Crippen LogP contribution in [0.15, 0.2) is 41.6 Å². The summed E-state index contributed by atoms with van der Waals surface area (Å²) in [5.74, 6) is 1.44. The van der Waals surface area contributed by atoms with E-state index in [9.17, 15) is 4.21 Å². The molecule has 0 radical (unpaired) electrons. The summed E-state index contributed by atoms with van der Waals surface area (Å²) in [6.07, 6.45) is 5.29. The largest absolute Gasteiger partial charge is 0.321 e. The average molecular weight is 300 g/mol. The highest BCUT2D eigenvalue weighted by atomic mass is 32.2. The van der Waals surface area contributed by atoms with Gasteiger partial charge < -0.3 is 4.98 Å². The molecule has 0 fully saturated rings. The first kappa shape index (κ1) is 13.9. The van der Waals surface area contributed by atoms with Crippen LogP contribution in [-0.2, 0) is 10.8 Å². The Morgan fingerprint density at radius 2 is 1.90 bits per heavy atom. The molecule has 0 saturated carbocycles. The van der Waals surface area contributed by atoms with Gasteiger partial charge in [-0.25, -0.2) is 15.0 Å². The van der Waals surface area contributed by atoms with Crippen LogP contribution < -0.4 is 0 Å². The molecule has 0 aliphatic heterocycles. The van der Waals surface area contributed by atoms with Crippen LogP contribution in [-0.4, -0.2) is 29.9 Å². The van der Waals surface area contributed by atoms with E-state index in [4.69, 9.17) is 0 Å². The van der Waals surface area contributed by atoms with Gasteiger partial charge in [0.2, 0.25) is 0 Å². The monoisotopic (exact) mass is 300 g/mol. The summed E-state index contributed by atoms with van der Waals surface area (Å²) in [6, 6.07) is 7.65. The number of aromatic amines is 1. The molecule has 21 heavy (non-hydrogen) atoms. The topological polar surface area (TPSA) is 71.5 Å². The first-order valence-corrected chi connectivity index (χ1v) is 8.25. The Kier molecular flexibility index (Phi) is 4.06. The van der Waals surface area contributed by atoms with Gasteiger partial charge >= 0.3 is 0 Å². The van der Waals surface area contributed by atoms with Gasteiger partial charge in [-0.05, 0) is 18.6 Å². The number of H-pyrrole nitrogens is 1. The molecule has 0 spiro atoms. The van der Waals surface area contributed by atoms with Crippen molar-refractivity contribution in [3.05, 3.63) is 36.7 Å². The zero-order chi connectivity index (χ0) is 14.7. The van der Waals surface area contributed by atoms with Crippen molar-refractivity contribution in [2.24, 2.45) is 0 Å². The summed E-state index contributed by atoms with van der Waals surface area (Å²) < 4.78 is 12.1. The molecule has 0 aliphatic carbocycles. The van der Waals surface area contributed by atoms with E-state index in [1.165, 1.54) is 0 Å². The molecule has 5 nitrogen and oxygen atoms in total. The van der Waals surface area contributed by atoms with E-state index in [1.54, 1.807) is 12.4 Å². The fourth-order valence-electron chi connectivity index (χ4n) is 2.04. The number of unbranched alkanes of at least 4 members (excludes halogenated alkanes) is 1. The van der Waals surface area contributed by atoms with Crippen LogP contribution in [0.5, 0.6) is 0 Å². The number of benzene rings is 1. The Morgan fingerprint density at radius 3 is 2.62 bits per heavy atom. The van der Waals surface area contributed by atoms with E-state index in [-0.39, 0.29) is 0 Å². The number of hydrogen-bond acceptors (Lipinski definition) is 4. The van der Waals surface area contributed by atoms with Gasteiger partial charge in [-0.1, -0.05) is 25.5 Å². The fourth-order valence-corrected chi connectivity index (χ4v) is 3.27. The lowest BCUT2D eigenvalue weighted by Gasteiger charge is -2.02. The molecule has 1 unspecified atom stereocenters. The molecule has 1 N–H and O–H groups in total. The van der Waals surface area contributed by atoms with Crippen molar-refractivity contribution in [1.82, 2.24) is 19.9 Å². The predicted molar refractivity (Wildman–Crippen MR) is 83.3 cm³/mol. The lowest BCUT2D eigenvalue weighted by Crippen LogP contribution is -1.97. The number of nitrogens with one attached hydrogen (secondary N) is 1. The Bertz CT molecular complexity index is 734. The van der Waals surface area contributed by atoms with E-state index in [1.807, 2.05) is 24.3 Å². The van der Waals surface area contributed by atoms with Crippen molar-refractivity contribution < 1.29 is 4.21 Å². The number of rotatable bonds is 5. The molecular weight excluding hydrogens is 284 g/mol. The average Bonchev–Trinajstić information content (AvgIpc) is 2.96. The van der Waals surface area contributed by atoms with Crippen molar-refractivity contribution >= 4 is 22.1 Å². The standard InChI is InChI=1S/C15H16N4OS/c1-2-3-10-21(20)12-6-4-11(5-7-12)13-18-14-15(19-13)17-9-8-16-14/h4-9H,2-3,10H2,1H3,(H,16,17,18,19). The van der Waals surface area contributed by atoms with Gasteiger partial charge in [-0.3, -0.25) is 4.21 Å². The molecule has 6 heteroatoms. The number of aromatic nitrogens is 4. The van der Waals surface area contributed by atoms with E-state index in [0.717, 1.165) is 29.1 Å². The van der Waals surface area contributed by atoms with Gasteiger partial charge in [0.15, 0.2) is 11.3 Å². The molecule has 3 aromatic rings. The Hall–Kier alpha value is -2.08. The smallest absolute Gasteiger partial charge is 0.197 e. The second kappa shape index (κ2) is 6.13. The van der Waals surface area contributed by atoms with Crippen LogP contribution in [0.3, 0.4) is 0 Å². The minimum absolute atomic E-state index is 0.600. The maximum Gasteiger partial charge on any atom is 0.197 e. The SMILES string of the molecule is CCCCS(=O)c1ccc(-c2nc3nccnc3[nH]2)cc1. The Labute approximate surface area is 125 Å². The maximum atomic E-state index is 12.1. The fraction of sp³-hybridized carbons (Fsp3) is 0.267. The molecule has 1 atom stereocenters. The highest BCUT2D eigenvalue weighted by Crippen LogP contribution is 2.20. The van der Waals surface area contributed by atoms with E-state index >= 15 is 0 Å². The van der Waals surface area contributed by atoms with Crippen LogP contribution in [0.1, 0.15) is 19.8 Å². The first-order chi connectivity index (χ1) is 10.3. The molecule has 0 saturated heterocycles. The zero-order valence-corrected chi connectivity index (χ0v) is 12.6. The van der Waals surface area contributed by atoms with Gasteiger partial charge in [0.1, 0.15) is 5.82 Å². The Morgan fingerprint density at radius 1 is 1.14 bits per heavy atom. The molecule has 2 aromatic heterocycles. The summed E-state index contributed by atoms with van der Waals surface area (Å²) in [7, 11) is -0.918. The van der Waals surface area contributed by atoms with Crippen LogP contribution in [0.25, 0.3) is 22.7 Å². The maximum absolute atomic E-state index is 12.1. The van der Waals surface area contributed by atoms with Crippen molar-refractivity contribution in [1.29, 1.82) is 0 Å². The van der Waals surface area contributed by atoms with Crippen molar-refractivity contribution in [2.75, 3.05) is 5.75 Å². The second-order valence-corrected chi connectivity index (χ2v) is 6.31. The molecular formula is C15H16N4OS. The minimum Gasteiger partial charge on any atom is -0.321 e. The summed E-state index contributed by atoms with van der Waals surface area (Å²) in [5.41, 5.74) is 2.21. The van der Waals surface area contributed by atoms with Crippen LogP contribution in [0, 0.1) is 0 Å². The van der Waals surface area contributed by atoms with Gasteiger partial charge in [0.25, 0.3) is 0 Å². The first-order valence-electron chi connectivity index (χ1n) is 6.93. The molecule has 108 valence electrons. The highest BCUT2D eigenvalue weighted by Gasteiger charge is 2.08. The molecule has 0 aliphatic rings. The van der Waals surface area contributed by atoms with Gasteiger partial charge in [0.05, 0.1) is 10.8 Å². The lowest BCUT2D eigenvalue weighted by atomic mass is 10.2. The summed E-state index contributed by atoms with van der Waals surface area (Å²) in [6.45, 7) is 2.10. The van der Waals surface area contributed by atoms with E-state index in [2.05, 4.69) is 26.9 Å². The number of nitrogens with zero attached hydrogens (tertiary/aromatic N) is 3. The van der Waals surface area contributed by atoms with Crippen molar-refractivity contribution in [2.45, 2.75) is 24.7 Å². The summed E-state index contributed by atoms with van der Waals surface area (Å²) in [5, 5.41) is 0. The molecule has 2 heterocycles. The summed E-state index contributed by atoms with van der Waals surface area (Å²) >= 11 is 0. The third-order valence-electron chi connectivity index (χ3n) is 3.21. The molecule has 3 rings (SSSR count). The minimum atomic E-state index is -0.918. The van der Waals surface area contributed by atoms with Gasteiger partial charge in [-0.2, -0.15) is 0 Å². The van der Waals surface area contributed by atoms with Crippen LogP contribution in [0.4, 0.5) is 0 Å². The zero-order valence-electron chi connectivity index (χ0n) is 11.7. The number of fused-ring (bicyclic) bond motifs is 1. The number of hydrogen-bond donors (Lipinski definition) is 1. The molecule has 0 bridgehead atoms. The van der Waals surface area contributed by atoms with Crippen LogP contribution >= 0.6 is 0 Å². The third-order valence-corrected chi connectivity index (χ3v) is 4.66. The number of imidazole rings is 1. The highest BCUT2D eigenvalue weighted by molar-refractivity contribution is 7.85. The second-order valence-electron chi connectivity index (χ2n) is 4.74. The van der Waals surface area contributed by atoms with Crippen molar-refractivity contribution in [3.63, 3.8) is 0 Å². The molecule has 0 amide bonds. The summed E-state index contributed by atoms with van der Waals surface area (Å²) in [4.78, 5) is 16.7. The quantitative estimate of drug-likeness (QED) is 0.786.